The molecule has 3 aliphatic rings. The lowest BCUT2D eigenvalue weighted by atomic mass is 10.0. The van der Waals surface area contributed by atoms with E-state index in [4.69, 9.17) is 21.1 Å². The minimum absolute atomic E-state index is 0.0699. The van der Waals surface area contributed by atoms with Gasteiger partial charge in [-0.15, -0.1) is 0 Å². The molecule has 7 heteroatoms. The largest absolute Gasteiger partial charge is 0.353 e. The van der Waals surface area contributed by atoms with E-state index in [2.05, 4.69) is 21.2 Å². The van der Waals surface area contributed by atoms with E-state index in [-0.39, 0.29) is 11.9 Å². The highest BCUT2D eigenvalue weighted by Crippen LogP contribution is 2.31. The van der Waals surface area contributed by atoms with Crippen molar-refractivity contribution in [3.63, 3.8) is 0 Å². The van der Waals surface area contributed by atoms with E-state index >= 15 is 0 Å². The number of nitrogens with zero attached hydrogens (tertiary/aromatic N) is 2. The molecular formula is C21H30ClN3O3. The summed E-state index contributed by atoms with van der Waals surface area (Å²) in [5.41, 5.74) is 1.10. The lowest BCUT2D eigenvalue weighted by molar-refractivity contribution is -0.185. The van der Waals surface area contributed by atoms with Crippen LogP contribution in [0.15, 0.2) is 24.3 Å². The number of benzene rings is 1. The van der Waals surface area contributed by atoms with Gasteiger partial charge in [0, 0.05) is 37.5 Å². The minimum Gasteiger partial charge on any atom is -0.353 e. The molecule has 1 atom stereocenters. The smallest absolute Gasteiger partial charge is 0.234 e. The maximum absolute atomic E-state index is 12.6. The fourth-order valence-electron chi connectivity index (χ4n) is 4.54. The molecule has 0 radical (unpaired) electrons. The van der Waals surface area contributed by atoms with Gasteiger partial charge < -0.3 is 14.8 Å². The summed E-state index contributed by atoms with van der Waals surface area (Å²) in [4.78, 5) is 17.2. The van der Waals surface area contributed by atoms with Crippen molar-refractivity contribution >= 4 is 17.5 Å². The van der Waals surface area contributed by atoms with Crippen LogP contribution in [0.25, 0.3) is 0 Å². The van der Waals surface area contributed by atoms with Crippen LogP contribution in [-0.4, -0.2) is 74.0 Å². The monoisotopic (exact) mass is 407 g/mol. The number of amides is 1. The topological polar surface area (TPSA) is 54.0 Å². The summed E-state index contributed by atoms with van der Waals surface area (Å²) in [5, 5.41) is 3.92. The second kappa shape index (κ2) is 9.09. The molecule has 3 heterocycles. The SMILES string of the molecule is O=C(CN1CCC2(CC1)OCCO2)NCC(c1ccccc1Cl)N1CCCC1. The summed E-state index contributed by atoms with van der Waals surface area (Å²) >= 11 is 6.46. The molecule has 6 nitrogen and oxygen atoms in total. The zero-order chi connectivity index (χ0) is 19.4. The summed E-state index contributed by atoms with van der Waals surface area (Å²) in [6.45, 7) is 6.14. The highest BCUT2D eigenvalue weighted by molar-refractivity contribution is 6.31. The quantitative estimate of drug-likeness (QED) is 0.784. The molecule has 1 spiro atoms. The normalized spacial score (nSPS) is 23.9. The molecule has 3 saturated heterocycles. The Morgan fingerprint density at radius 3 is 2.46 bits per heavy atom. The highest BCUT2D eigenvalue weighted by atomic mass is 35.5. The fraction of sp³-hybridized carbons (Fsp3) is 0.667. The first-order valence-corrected chi connectivity index (χ1v) is 10.8. The van der Waals surface area contributed by atoms with E-state index in [9.17, 15) is 4.79 Å². The molecule has 4 rings (SSSR count). The van der Waals surface area contributed by atoms with Crippen molar-refractivity contribution in [1.29, 1.82) is 0 Å². The first-order valence-electron chi connectivity index (χ1n) is 10.4. The summed E-state index contributed by atoms with van der Waals surface area (Å²) in [5.74, 6) is -0.321. The lowest BCUT2D eigenvalue weighted by Gasteiger charge is -2.37. The molecule has 0 aromatic heterocycles. The molecule has 3 aliphatic heterocycles. The van der Waals surface area contributed by atoms with E-state index in [0.29, 0.717) is 26.3 Å². The molecule has 1 aromatic rings. The third-order valence-electron chi connectivity index (χ3n) is 6.14. The van der Waals surface area contributed by atoms with E-state index in [1.54, 1.807) is 0 Å². The average Bonchev–Trinajstić information content (AvgIpc) is 3.38. The van der Waals surface area contributed by atoms with Crippen LogP contribution < -0.4 is 5.32 Å². The predicted octanol–water partition coefficient (Wildman–Crippen LogP) is 2.43. The third kappa shape index (κ3) is 4.69. The van der Waals surface area contributed by atoms with Crippen molar-refractivity contribution < 1.29 is 14.3 Å². The number of piperidine rings is 1. The van der Waals surface area contributed by atoms with Crippen molar-refractivity contribution in [3.8, 4) is 0 Å². The third-order valence-corrected chi connectivity index (χ3v) is 6.48. The Morgan fingerprint density at radius 2 is 1.79 bits per heavy atom. The number of hydrogen-bond acceptors (Lipinski definition) is 5. The Labute approximate surface area is 172 Å². The number of nitrogens with one attached hydrogen (secondary N) is 1. The zero-order valence-electron chi connectivity index (χ0n) is 16.4. The molecule has 0 saturated carbocycles. The first-order chi connectivity index (χ1) is 13.7. The Morgan fingerprint density at radius 1 is 1.11 bits per heavy atom. The number of ether oxygens (including phenoxy) is 2. The van der Waals surface area contributed by atoms with Crippen LogP contribution in [0.5, 0.6) is 0 Å². The summed E-state index contributed by atoms with van der Waals surface area (Å²) in [7, 11) is 0. The van der Waals surface area contributed by atoms with Gasteiger partial charge in [-0.05, 0) is 37.6 Å². The van der Waals surface area contributed by atoms with Gasteiger partial charge in [0.2, 0.25) is 5.91 Å². The van der Waals surface area contributed by atoms with Crippen LogP contribution in [0, 0.1) is 0 Å². The maximum Gasteiger partial charge on any atom is 0.234 e. The summed E-state index contributed by atoms with van der Waals surface area (Å²) in [6, 6.07) is 8.10. The second-order valence-corrected chi connectivity index (χ2v) is 8.38. The summed E-state index contributed by atoms with van der Waals surface area (Å²) in [6.07, 6.45) is 4.07. The van der Waals surface area contributed by atoms with Gasteiger partial charge in [0.25, 0.3) is 0 Å². The van der Waals surface area contributed by atoms with Gasteiger partial charge in [-0.2, -0.15) is 0 Å². The Hall–Kier alpha value is -1.18. The molecule has 1 aromatic carbocycles. The van der Waals surface area contributed by atoms with Gasteiger partial charge in [-0.3, -0.25) is 14.6 Å². The molecule has 154 valence electrons. The molecule has 1 N–H and O–H groups in total. The van der Waals surface area contributed by atoms with Gasteiger partial charge in [-0.25, -0.2) is 0 Å². The molecule has 1 amide bonds. The average molecular weight is 408 g/mol. The standard InChI is InChI=1S/C21H30ClN3O3/c22-18-6-2-1-5-17(18)19(25-9-3-4-10-25)15-23-20(26)16-24-11-7-21(8-12-24)27-13-14-28-21/h1-2,5-6,19H,3-4,7-16H2,(H,23,26). The molecule has 0 aliphatic carbocycles. The van der Waals surface area contributed by atoms with E-state index in [1.165, 1.54) is 12.8 Å². The number of rotatable bonds is 6. The van der Waals surface area contributed by atoms with Crippen LogP contribution >= 0.6 is 11.6 Å². The lowest BCUT2D eigenvalue weighted by Crippen LogP contribution is -2.48. The van der Waals surface area contributed by atoms with Crippen LogP contribution in [0.4, 0.5) is 0 Å². The number of halogens is 1. The van der Waals surface area contributed by atoms with Gasteiger partial charge in [-0.1, -0.05) is 29.8 Å². The second-order valence-electron chi connectivity index (χ2n) is 7.97. The van der Waals surface area contributed by atoms with Crippen molar-refractivity contribution in [2.75, 3.05) is 52.5 Å². The van der Waals surface area contributed by atoms with Gasteiger partial charge in [0.1, 0.15) is 0 Å². The Bertz CT molecular complexity index is 665. The highest BCUT2D eigenvalue weighted by Gasteiger charge is 2.40. The Kier molecular flexibility index (Phi) is 6.53. The molecule has 3 fully saturated rings. The van der Waals surface area contributed by atoms with Gasteiger partial charge in [0.15, 0.2) is 5.79 Å². The van der Waals surface area contributed by atoms with Gasteiger partial charge >= 0.3 is 0 Å². The molecule has 28 heavy (non-hydrogen) atoms. The van der Waals surface area contributed by atoms with Crippen molar-refractivity contribution in [2.24, 2.45) is 0 Å². The fourth-order valence-corrected chi connectivity index (χ4v) is 4.80. The van der Waals surface area contributed by atoms with Crippen molar-refractivity contribution in [1.82, 2.24) is 15.1 Å². The Balaban J connectivity index is 1.30. The van der Waals surface area contributed by atoms with E-state index < -0.39 is 5.79 Å². The van der Waals surface area contributed by atoms with Crippen LogP contribution in [0.3, 0.4) is 0 Å². The van der Waals surface area contributed by atoms with E-state index in [1.807, 2.05) is 18.2 Å². The molecule has 0 bridgehead atoms. The van der Waals surface area contributed by atoms with Crippen LogP contribution in [0.1, 0.15) is 37.3 Å². The number of carbonyl (C=O) groups is 1. The van der Waals surface area contributed by atoms with Crippen molar-refractivity contribution in [2.45, 2.75) is 37.5 Å². The van der Waals surface area contributed by atoms with Crippen LogP contribution in [0.2, 0.25) is 5.02 Å². The van der Waals surface area contributed by atoms with Crippen molar-refractivity contribution in [3.05, 3.63) is 34.9 Å². The predicted molar refractivity (Wildman–Crippen MR) is 108 cm³/mol. The zero-order valence-corrected chi connectivity index (χ0v) is 17.1. The minimum atomic E-state index is -0.391. The van der Waals surface area contributed by atoms with E-state index in [0.717, 1.165) is 49.6 Å². The number of hydrogen-bond donors (Lipinski definition) is 1. The maximum atomic E-state index is 12.6. The number of carbonyl (C=O) groups excluding carboxylic acids is 1. The summed E-state index contributed by atoms with van der Waals surface area (Å²) < 4.78 is 11.5. The first kappa shape index (κ1) is 20.1. The van der Waals surface area contributed by atoms with Gasteiger partial charge in [0.05, 0.1) is 25.8 Å². The molecule has 1 unspecified atom stereocenters. The van der Waals surface area contributed by atoms with Crippen LogP contribution in [-0.2, 0) is 14.3 Å². The number of likely N-dealkylation sites (tertiary alicyclic amines) is 2. The molecular weight excluding hydrogens is 378 g/mol.